The van der Waals surface area contributed by atoms with Crippen molar-refractivity contribution in [2.24, 2.45) is 0 Å². The van der Waals surface area contributed by atoms with E-state index in [1.54, 1.807) is 0 Å². The lowest BCUT2D eigenvalue weighted by Crippen LogP contribution is -2.26. The fourth-order valence-corrected chi connectivity index (χ4v) is 1.71. The quantitative estimate of drug-likeness (QED) is 0.764. The van der Waals surface area contributed by atoms with Crippen molar-refractivity contribution < 1.29 is 9.53 Å². The number of anilines is 1. The van der Waals surface area contributed by atoms with Gasteiger partial charge in [0, 0.05) is 0 Å². The Morgan fingerprint density at radius 2 is 2.13 bits per heavy atom. The summed E-state index contributed by atoms with van der Waals surface area (Å²) in [7, 11) is 0. The van der Waals surface area contributed by atoms with Crippen molar-refractivity contribution in [3.05, 3.63) is 23.3 Å². The van der Waals surface area contributed by atoms with Crippen LogP contribution in [-0.4, -0.2) is 12.5 Å². The first-order valence-corrected chi connectivity index (χ1v) is 5.15. The molecule has 3 nitrogen and oxygen atoms in total. The smallest absolute Gasteiger partial charge is 0.262 e. The zero-order valence-electron chi connectivity index (χ0n) is 9.26. The van der Waals surface area contributed by atoms with E-state index in [4.69, 9.17) is 4.74 Å². The molecule has 2 rings (SSSR count). The Morgan fingerprint density at radius 1 is 1.40 bits per heavy atom. The lowest BCUT2D eigenvalue weighted by Gasteiger charge is -2.21. The second kappa shape index (κ2) is 3.57. The van der Waals surface area contributed by atoms with Crippen LogP contribution in [0.1, 0.15) is 30.9 Å². The minimum Gasteiger partial charge on any atom is -0.482 e. The van der Waals surface area contributed by atoms with Crippen molar-refractivity contribution in [2.75, 3.05) is 11.9 Å². The number of rotatable bonds is 1. The average Bonchev–Trinajstić information content (AvgIpc) is 2.18. The number of ether oxygens (including phenoxy) is 1. The second-order valence-electron chi connectivity index (χ2n) is 4.20. The third-order valence-electron chi connectivity index (χ3n) is 2.61. The van der Waals surface area contributed by atoms with E-state index in [0.717, 1.165) is 17.0 Å². The molecule has 0 aromatic heterocycles. The van der Waals surface area contributed by atoms with E-state index in [1.807, 2.05) is 13.0 Å². The van der Waals surface area contributed by atoms with Crippen LogP contribution in [0.15, 0.2) is 12.1 Å². The van der Waals surface area contributed by atoms with Crippen LogP contribution in [0.25, 0.3) is 0 Å². The van der Waals surface area contributed by atoms with E-state index in [2.05, 4.69) is 25.2 Å². The number of amides is 1. The van der Waals surface area contributed by atoms with Gasteiger partial charge >= 0.3 is 0 Å². The zero-order valence-corrected chi connectivity index (χ0v) is 9.26. The summed E-state index contributed by atoms with van der Waals surface area (Å²) < 4.78 is 5.40. The van der Waals surface area contributed by atoms with Crippen LogP contribution in [0.5, 0.6) is 5.75 Å². The molecule has 0 atom stereocenters. The number of hydrogen-bond donors (Lipinski definition) is 1. The van der Waals surface area contributed by atoms with Gasteiger partial charge < -0.3 is 10.1 Å². The Morgan fingerprint density at radius 3 is 2.80 bits per heavy atom. The molecule has 3 heteroatoms. The minimum atomic E-state index is -0.0807. The molecular formula is C12H15NO2. The molecule has 1 aliphatic heterocycles. The third kappa shape index (κ3) is 1.82. The van der Waals surface area contributed by atoms with Gasteiger partial charge in [-0.3, -0.25) is 4.79 Å². The van der Waals surface area contributed by atoms with Gasteiger partial charge in [0.25, 0.3) is 5.91 Å². The first kappa shape index (κ1) is 10.0. The highest BCUT2D eigenvalue weighted by Gasteiger charge is 2.19. The van der Waals surface area contributed by atoms with Gasteiger partial charge in [0.2, 0.25) is 0 Å². The molecule has 80 valence electrons. The second-order valence-corrected chi connectivity index (χ2v) is 4.20. The van der Waals surface area contributed by atoms with Crippen LogP contribution in [0, 0.1) is 6.92 Å². The maximum Gasteiger partial charge on any atom is 0.262 e. The standard InChI is InChI=1S/C12H15NO2/c1-7(2)9-4-8(3)12-10(5-9)15-6-11(14)13-12/h4-5,7H,6H2,1-3H3,(H,13,14). The van der Waals surface area contributed by atoms with Crippen LogP contribution >= 0.6 is 0 Å². The molecule has 0 saturated heterocycles. The fraction of sp³-hybridized carbons (Fsp3) is 0.417. The molecular weight excluding hydrogens is 190 g/mol. The van der Waals surface area contributed by atoms with E-state index >= 15 is 0 Å². The number of nitrogens with one attached hydrogen (secondary N) is 1. The van der Waals surface area contributed by atoms with Gasteiger partial charge in [0.05, 0.1) is 5.69 Å². The first-order chi connectivity index (χ1) is 7.08. The van der Waals surface area contributed by atoms with E-state index in [-0.39, 0.29) is 12.5 Å². The Kier molecular flexibility index (Phi) is 2.39. The van der Waals surface area contributed by atoms with Crippen molar-refractivity contribution in [1.29, 1.82) is 0 Å². The molecule has 1 aliphatic rings. The predicted molar refractivity (Wildman–Crippen MR) is 59.4 cm³/mol. The summed E-state index contributed by atoms with van der Waals surface area (Å²) in [4.78, 5) is 11.2. The average molecular weight is 205 g/mol. The summed E-state index contributed by atoms with van der Waals surface area (Å²) in [5.41, 5.74) is 3.11. The van der Waals surface area contributed by atoms with E-state index in [1.165, 1.54) is 5.56 Å². The number of benzene rings is 1. The summed E-state index contributed by atoms with van der Waals surface area (Å²) in [6.07, 6.45) is 0. The number of fused-ring (bicyclic) bond motifs is 1. The normalized spacial score (nSPS) is 14.5. The molecule has 1 amide bonds. The molecule has 1 aromatic rings. The number of carbonyl (C=O) groups excluding carboxylic acids is 1. The molecule has 1 aromatic carbocycles. The summed E-state index contributed by atoms with van der Waals surface area (Å²) in [6, 6.07) is 4.10. The molecule has 0 radical (unpaired) electrons. The summed E-state index contributed by atoms with van der Waals surface area (Å²) >= 11 is 0. The van der Waals surface area contributed by atoms with Crippen molar-refractivity contribution in [3.8, 4) is 5.75 Å². The van der Waals surface area contributed by atoms with Gasteiger partial charge in [-0.05, 0) is 30.0 Å². The molecule has 0 fully saturated rings. The van der Waals surface area contributed by atoms with E-state index < -0.39 is 0 Å². The Bertz CT molecular complexity index is 410. The summed E-state index contributed by atoms with van der Waals surface area (Å²) in [6.45, 7) is 6.39. The molecule has 0 aliphatic carbocycles. The third-order valence-corrected chi connectivity index (χ3v) is 2.61. The zero-order chi connectivity index (χ0) is 11.0. The van der Waals surface area contributed by atoms with Crippen molar-refractivity contribution in [1.82, 2.24) is 0 Å². The van der Waals surface area contributed by atoms with Gasteiger partial charge in [-0.2, -0.15) is 0 Å². The van der Waals surface area contributed by atoms with Crippen LogP contribution in [0.4, 0.5) is 5.69 Å². The largest absolute Gasteiger partial charge is 0.482 e. The number of carbonyl (C=O) groups is 1. The molecule has 0 unspecified atom stereocenters. The van der Waals surface area contributed by atoms with Crippen molar-refractivity contribution in [3.63, 3.8) is 0 Å². The van der Waals surface area contributed by atoms with Crippen LogP contribution in [-0.2, 0) is 4.79 Å². The Balaban J connectivity index is 2.47. The van der Waals surface area contributed by atoms with Gasteiger partial charge in [-0.1, -0.05) is 19.9 Å². The van der Waals surface area contributed by atoms with Crippen molar-refractivity contribution >= 4 is 11.6 Å². The molecule has 0 bridgehead atoms. The molecule has 1 N–H and O–H groups in total. The predicted octanol–water partition coefficient (Wildman–Crippen LogP) is 2.45. The topological polar surface area (TPSA) is 38.3 Å². The maximum absolute atomic E-state index is 11.2. The molecule has 0 spiro atoms. The number of hydrogen-bond acceptors (Lipinski definition) is 2. The van der Waals surface area contributed by atoms with Crippen molar-refractivity contribution in [2.45, 2.75) is 26.7 Å². The Hall–Kier alpha value is -1.51. The Labute approximate surface area is 89.4 Å². The SMILES string of the molecule is Cc1cc(C(C)C)cc2c1NC(=O)CO2. The van der Waals surface area contributed by atoms with Gasteiger partial charge in [-0.25, -0.2) is 0 Å². The van der Waals surface area contributed by atoms with Crippen LogP contribution in [0.2, 0.25) is 0 Å². The van der Waals surface area contributed by atoms with Gasteiger partial charge in [0.1, 0.15) is 5.75 Å². The van der Waals surface area contributed by atoms with Crippen LogP contribution in [0.3, 0.4) is 0 Å². The molecule has 15 heavy (non-hydrogen) atoms. The molecule has 0 saturated carbocycles. The highest BCUT2D eigenvalue weighted by Crippen LogP contribution is 2.34. The minimum absolute atomic E-state index is 0.0807. The van der Waals surface area contributed by atoms with Gasteiger partial charge in [0.15, 0.2) is 6.61 Å². The maximum atomic E-state index is 11.2. The summed E-state index contributed by atoms with van der Waals surface area (Å²) in [5, 5.41) is 2.83. The monoisotopic (exact) mass is 205 g/mol. The van der Waals surface area contributed by atoms with E-state index in [9.17, 15) is 4.79 Å². The highest BCUT2D eigenvalue weighted by molar-refractivity contribution is 5.96. The summed E-state index contributed by atoms with van der Waals surface area (Å²) in [5.74, 6) is 1.18. The van der Waals surface area contributed by atoms with Crippen LogP contribution < -0.4 is 10.1 Å². The molecule has 1 heterocycles. The fourth-order valence-electron chi connectivity index (χ4n) is 1.71. The number of aryl methyl sites for hydroxylation is 1. The van der Waals surface area contributed by atoms with Gasteiger partial charge in [-0.15, -0.1) is 0 Å². The first-order valence-electron chi connectivity index (χ1n) is 5.15. The van der Waals surface area contributed by atoms with E-state index in [0.29, 0.717) is 5.92 Å². The highest BCUT2D eigenvalue weighted by atomic mass is 16.5. The lowest BCUT2D eigenvalue weighted by atomic mass is 9.99. The lowest BCUT2D eigenvalue weighted by molar-refractivity contribution is -0.118.